The minimum absolute atomic E-state index is 0.501. The van der Waals surface area contributed by atoms with Crippen LogP contribution in [0.4, 0.5) is 11.4 Å². The zero-order valence-electron chi connectivity index (χ0n) is 10.6. The minimum Gasteiger partial charge on any atom is -0.457 e. The first-order chi connectivity index (χ1) is 9.65. The highest BCUT2D eigenvalue weighted by Gasteiger charge is 2.07. The van der Waals surface area contributed by atoms with Crippen molar-refractivity contribution >= 4 is 33.7 Å². The summed E-state index contributed by atoms with van der Waals surface area (Å²) in [5.74, 6) is 1.37. The van der Waals surface area contributed by atoms with Crippen molar-refractivity contribution in [2.75, 3.05) is 11.5 Å². The molecular weight excluding hydrogens is 272 g/mol. The molecular formula is C16H13ClN2O. The van der Waals surface area contributed by atoms with Gasteiger partial charge in [0.05, 0.1) is 11.4 Å². The third kappa shape index (κ3) is 2.24. The summed E-state index contributed by atoms with van der Waals surface area (Å²) in [6.07, 6.45) is 0. The Morgan fingerprint density at radius 3 is 2.30 bits per heavy atom. The van der Waals surface area contributed by atoms with Crippen LogP contribution in [0.3, 0.4) is 0 Å². The lowest BCUT2D eigenvalue weighted by Gasteiger charge is -2.11. The van der Waals surface area contributed by atoms with Gasteiger partial charge in [0.15, 0.2) is 0 Å². The van der Waals surface area contributed by atoms with E-state index >= 15 is 0 Å². The molecule has 4 heteroatoms. The molecule has 0 unspecified atom stereocenters. The quantitative estimate of drug-likeness (QED) is 0.683. The summed E-state index contributed by atoms with van der Waals surface area (Å²) in [7, 11) is 0. The van der Waals surface area contributed by atoms with Gasteiger partial charge in [-0.2, -0.15) is 0 Å². The highest BCUT2D eigenvalue weighted by Crippen LogP contribution is 2.35. The van der Waals surface area contributed by atoms with Crippen LogP contribution < -0.4 is 16.2 Å². The van der Waals surface area contributed by atoms with Crippen molar-refractivity contribution in [1.82, 2.24) is 0 Å². The average Bonchev–Trinajstić information content (AvgIpc) is 2.46. The maximum absolute atomic E-state index is 6.19. The highest BCUT2D eigenvalue weighted by atomic mass is 35.5. The molecule has 100 valence electrons. The number of anilines is 2. The number of nitrogens with two attached hydrogens (primary N) is 2. The molecule has 0 aromatic heterocycles. The lowest BCUT2D eigenvalue weighted by Crippen LogP contribution is -1.95. The molecule has 0 atom stereocenters. The second-order valence-electron chi connectivity index (χ2n) is 4.48. The van der Waals surface area contributed by atoms with E-state index in [9.17, 15) is 0 Å². The molecule has 3 rings (SSSR count). The summed E-state index contributed by atoms with van der Waals surface area (Å²) >= 11 is 6.19. The number of nitrogen functional groups attached to an aromatic ring is 2. The normalized spacial score (nSPS) is 10.7. The van der Waals surface area contributed by atoms with Gasteiger partial charge in [0.25, 0.3) is 0 Å². The molecule has 0 saturated carbocycles. The van der Waals surface area contributed by atoms with Crippen molar-refractivity contribution in [2.45, 2.75) is 0 Å². The Hall–Kier alpha value is -2.39. The Balaban J connectivity index is 2.06. The van der Waals surface area contributed by atoms with Crippen molar-refractivity contribution in [1.29, 1.82) is 0 Å². The Bertz CT molecular complexity index is 787. The van der Waals surface area contributed by atoms with Crippen LogP contribution in [0.5, 0.6) is 11.5 Å². The number of hydrogen-bond acceptors (Lipinski definition) is 3. The van der Waals surface area contributed by atoms with Crippen LogP contribution in [0.25, 0.3) is 10.8 Å². The Morgan fingerprint density at radius 2 is 1.55 bits per heavy atom. The molecule has 0 saturated heterocycles. The number of benzene rings is 3. The SMILES string of the molecule is Nc1ccc(Oc2ccc(Cl)c3ccccc23)cc1N. The van der Waals surface area contributed by atoms with E-state index in [4.69, 9.17) is 27.8 Å². The fourth-order valence-electron chi connectivity index (χ4n) is 2.07. The number of rotatable bonds is 2. The molecule has 0 amide bonds. The zero-order chi connectivity index (χ0) is 14.1. The fraction of sp³-hybridized carbons (Fsp3) is 0. The van der Waals surface area contributed by atoms with Crippen molar-refractivity contribution in [2.24, 2.45) is 0 Å². The summed E-state index contributed by atoms with van der Waals surface area (Å²) in [5.41, 5.74) is 12.5. The molecule has 4 N–H and O–H groups in total. The standard InChI is InChI=1S/C16H13ClN2O/c17-13-6-8-16(12-4-2-1-3-11(12)13)20-10-5-7-14(18)15(19)9-10/h1-9H,18-19H2. The summed E-state index contributed by atoms with van der Waals surface area (Å²) in [5, 5.41) is 2.61. The van der Waals surface area contributed by atoms with Gasteiger partial charge < -0.3 is 16.2 Å². The predicted octanol–water partition coefficient (Wildman–Crippen LogP) is 4.45. The van der Waals surface area contributed by atoms with Crippen LogP contribution in [0.15, 0.2) is 54.6 Å². The smallest absolute Gasteiger partial charge is 0.135 e. The molecule has 20 heavy (non-hydrogen) atoms. The number of ether oxygens (including phenoxy) is 1. The van der Waals surface area contributed by atoms with E-state index < -0.39 is 0 Å². The molecule has 0 fully saturated rings. The third-order valence-electron chi connectivity index (χ3n) is 3.12. The van der Waals surface area contributed by atoms with Crippen LogP contribution in [-0.2, 0) is 0 Å². The van der Waals surface area contributed by atoms with Gasteiger partial charge in [0.2, 0.25) is 0 Å². The van der Waals surface area contributed by atoms with Crippen molar-refractivity contribution in [3.63, 3.8) is 0 Å². The number of hydrogen-bond donors (Lipinski definition) is 2. The Morgan fingerprint density at radius 1 is 0.800 bits per heavy atom. The fourth-order valence-corrected chi connectivity index (χ4v) is 2.29. The van der Waals surface area contributed by atoms with E-state index in [0.717, 1.165) is 16.5 Å². The highest BCUT2D eigenvalue weighted by molar-refractivity contribution is 6.35. The lowest BCUT2D eigenvalue weighted by molar-refractivity contribution is 0.489. The minimum atomic E-state index is 0.501. The van der Waals surface area contributed by atoms with Crippen molar-refractivity contribution in [3.8, 4) is 11.5 Å². The van der Waals surface area contributed by atoms with E-state index in [1.807, 2.05) is 36.4 Å². The lowest BCUT2D eigenvalue weighted by atomic mass is 10.1. The topological polar surface area (TPSA) is 61.3 Å². The molecule has 3 nitrogen and oxygen atoms in total. The van der Waals surface area contributed by atoms with E-state index in [-0.39, 0.29) is 0 Å². The predicted molar refractivity (Wildman–Crippen MR) is 84.3 cm³/mol. The van der Waals surface area contributed by atoms with Gasteiger partial charge >= 0.3 is 0 Å². The Labute approximate surface area is 121 Å². The van der Waals surface area contributed by atoms with Gasteiger partial charge in [-0.05, 0) is 24.3 Å². The van der Waals surface area contributed by atoms with E-state index in [2.05, 4.69) is 0 Å². The second kappa shape index (κ2) is 4.94. The van der Waals surface area contributed by atoms with Crippen LogP contribution >= 0.6 is 11.6 Å². The van der Waals surface area contributed by atoms with E-state index in [1.54, 1.807) is 18.2 Å². The maximum Gasteiger partial charge on any atom is 0.135 e. The third-order valence-corrected chi connectivity index (χ3v) is 3.45. The maximum atomic E-state index is 6.19. The number of fused-ring (bicyclic) bond motifs is 1. The molecule has 0 aliphatic carbocycles. The molecule has 0 spiro atoms. The first kappa shape index (κ1) is 12.6. The van der Waals surface area contributed by atoms with E-state index in [1.165, 1.54) is 0 Å². The molecule has 0 aliphatic heterocycles. The Kier molecular flexibility index (Phi) is 3.12. The van der Waals surface area contributed by atoms with Gasteiger partial charge in [-0.25, -0.2) is 0 Å². The summed E-state index contributed by atoms with van der Waals surface area (Å²) in [6, 6.07) is 16.7. The molecule has 0 bridgehead atoms. The van der Waals surface area contributed by atoms with Crippen LogP contribution in [0.2, 0.25) is 5.02 Å². The molecule has 0 radical (unpaired) electrons. The van der Waals surface area contributed by atoms with Crippen molar-refractivity contribution in [3.05, 3.63) is 59.6 Å². The van der Waals surface area contributed by atoms with E-state index in [0.29, 0.717) is 22.1 Å². The van der Waals surface area contributed by atoms with Gasteiger partial charge in [0, 0.05) is 21.9 Å². The monoisotopic (exact) mass is 284 g/mol. The van der Waals surface area contributed by atoms with Gasteiger partial charge in [0.1, 0.15) is 11.5 Å². The summed E-state index contributed by atoms with van der Waals surface area (Å²) in [4.78, 5) is 0. The van der Waals surface area contributed by atoms with Crippen molar-refractivity contribution < 1.29 is 4.74 Å². The first-order valence-electron chi connectivity index (χ1n) is 6.15. The number of halogens is 1. The summed E-state index contributed by atoms with van der Waals surface area (Å²) < 4.78 is 5.89. The molecule has 0 heterocycles. The van der Waals surface area contributed by atoms with Crippen LogP contribution in [-0.4, -0.2) is 0 Å². The van der Waals surface area contributed by atoms with Gasteiger partial charge in [-0.3, -0.25) is 0 Å². The largest absolute Gasteiger partial charge is 0.457 e. The zero-order valence-corrected chi connectivity index (χ0v) is 11.4. The van der Waals surface area contributed by atoms with Gasteiger partial charge in [-0.1, -0.05) is 35.9 Å². The molecule has 3 aromatic rings. The summed E-state index contributed by atoms with van der Waals surface area (Å²) in [6.45, 7) is 0. The molecule has 0 aliphatic rings. The average molecular weight is 285 g/mol. The second-order valence-corrected chi connectivity index (χ2v) is 4.89. The molecule has 3 aromatic carbocycles. The van der Waals surface area contributed by atoms with Crippen LogP contribution in [0, 0.1) is 0 Å². The first-order valence-corrected chi connectivity index (χ1v) is 6.53. The van der Waals surface area contributed by atoms with Crippen LogP contribution in [0.1, 0.15) is 0 Å². The van der Waals surface area contributed by atoms with Gasteiger partial charge in [-0.15, -0.1) is 0 Å².